The molecule has 0 aliphatic heterocycles. The lowest BCUT2D eigenvalue weighted by Gasteiger charge is -2.08. The Morgan fingerprint density at radius 3 is 2.54 bits per heavy atom. The van der Waals surface area contributed by atoms with Crippen LogP contribution < -0.4 is 0 Å². The minimum Gasteiger partial charge on any atom is -0.466 e. The number of hydrogen-bond acceptors (Lipinski definition) is 3. The highest BCUT2D eigenvalue weighted by molar-refractivity contribution is 5.77. The Balaban J connectivity index is 1.78. The van der Waals surface area contributed by atoms with Crippen molar-refractivity contribution in [2.45, 2.75) is 25.4 Å². The molecule has 3 nitrogen and oxygen atoms in total. The van der Waals surface area contributed by atoms with Crippen molar-refractivity contribution in [3.05, 3.63) is 53.9 Å². The van der Waals surface area contributed by atoms with E-state index in [1.165, 1.54) is 12.1 Å². The van der Waals surface area contributed by atoms with Gasteiger partial charge in [0.2, 0.25) is 0 Å². The molecule has 3 rings (SSSR count). The molecule has 1 saturated carbocycles. The summed E-state index contributed by atoms with van der Waals surface area (Å²) in [6.45, 7) is 2.12. The molecular weight excluding hydrogens is 319 g/mol. The second kappa shape index (κ2) is 6.26. The first-order chi connectivity index (χ1) is 11.4. The molecule has 0 saturated heterocycles. The first-order valence-corrected chi connectivity index (χ1v) is 7.69. The third kappa shape index (κ3) is 3.42. The fourth-order valence-electron chi connectivity index (χ4n) is 2.74. The second-order valence-electron chi connectivity index (χ2n) is 5.78. The van der Waals surface area contributed by atoms with Gasteiger partial charge < -0.3 is 4.74 Å². The molecule has 1 aliphatic rings. The Hall–Kier alpha value is -2.37. The first kappa shape index (κ1) is 16.5. The maximum atomic E-state index is 12.6. The Kier molecular flexibility index (Phi) is 4.30. The lowest BCUT2D eigenvalue weighted by Crippen LogP contribution is -2.07. The normalized spacial score (nSPS) is 19.8. The number of alkyl halides is 3. The van der Waals surface area contributed by atoms with Crippen molar-refractivity contribution < 1.29 is 22.7 Å². The van der Waals surface area contributed by atoms with Crippen LogP contribution >= 0.6 is 0 Å². The van der Waals surface area contributed by atoms with E-state index in [1.54, 1.807) is 19.3 Å². The average molecular weight is 335 g/mol. The monoisotopic (exact) mass is 335 g/mol. The fourth-order valence-corrected chi connectivity index (χ4v) is 2.74. The van der Waals surface area contributed by atoms with E-state index in [-0.39, 0.29) is 17.8 Å². The van der Waals surface area contributed by atoms with Crippen LogP contribution in [-0.2, 0) is 15.7 Å². The Bertz CT molecular complexity index is 741. The number of halogens is 3. The molecule has 2 unspecified atom stereocenters. The van der Waals surface area contributed by atoms with Crippen molar-refractivity contribution in [1.82, 2.24) is 4.98 Å². The topological polar surface area (TPSA) is 39.2 Å². The highest BCUT2D eigenvalue weighted by atomic mass is 19.4. The predicted molar refractivity (Wildman–Crippen MR) is 82.2 cm³/mol. The van der Waals surface area contributed by atoms with Gasteiger partial charge in [0.1, 0.15) is 0 Å². The van der Waals surface area contributed by atoms with Crippen LogP contribution in [0.1, 0.15) is 30.4 Å². The lowest BCUT2D eigenvalue weighted by molar-refractivity contribution is -0.144. The largest absolute Gasteiger partial charge is 0.466 e. The summed E-state index contributed by atoms with van der Waals surface area (Å²) in [6.07, 6.45) is -0.332. The summed E-state index contributed by atoms with van der Waals surface area (Å²) in [4.78, 5) is 15.9. The number of rotatable bonds is 4. The highest BCUT2D eigenvalue weighted by Gasteiger charge is 2.45. The van der Waals surface area contributed by atoms with Crippen LogP contribution in [0.3, 0.4) is 0 Å². The van der Waals surface area contributed by atoms with E-state index in [0.717, 1.165) is 29.7 Å². The van der Waals surface area contributed by atoms with Crippen LogP contribution in [0.25, 0.3) is 11.1 Å². The van der Waals surface area contributed by atoms with Crippen LogP contribution in [0.15, 0.2) is 42.7 Å². The molecule has 1 heterocycles. The van der Waals surface area contributed by atoms with Crippen molar-refractivity contribution in [2.75, 3.05) is 6.61 Å². The third-order valence-electron chi connectivity index (χ3n) is 4.11. The van der Waals surface area contributed by atoms with Gasteiger partial charge in [0.25, 0.3) is 0 Å². The van der Waals surface area contributed by atoms with Crippen molar-refractivity contribution in [2.24, 2.45) is 5.92 Å². The summed E-state index contributed by atoms with van der Waals surface area (Å²) in [5.74, 6) is -0.275. The molecule has 0 N–H and O–H groups in total. The predicted octanol–water partition coefficient (Wildman–Crippen LogP) is 4.43. The molecule has 126 valence electrons. The molecule has 1 aliphatic carbocycles. The van der Waals surface area contributed by atoms with Gasteiger partial charge in [0.05, 0.1) is 18.1 Å². The van der Waals surface area contributed by atoms with Gasteiger partial charge in [0, 0.05) is 18.0 Å². The van der Waals surface area contributed by atoms with E-state index in [9.17, 15) is 18.0 Å². The van der Waals surface area contributed by atoms with E-state index < -0.39 is 11.7 Å². The van der Waals surface area contributed by atoms with Crippen LogP contribution in [0.2, 0.25) is 0 Å². The minimum absolute atomic E-state index is 0.0750. The second-order valence-corrected chi connectivity index (χ2v) is 5.78. The summed E-state index contributed by atoms with van der Waals surface area (Å²) < 4.78 is 42.9. The lowest BCUT2D eigenvalue weighted by atomic mass is 10.0. The highest BCUT2D eigenvalue weighted by Crippen LogP contribution is 2.48. The van der Waals surface area contributed by atoms with Gasteiger partial charge in [-0.1, -0.05) is 12.1 Å². The van der Waals surface area contributed by atoms with Crippen LogP contribution in [0, 0.1) is 5.92 Å². The number of carbonyl (C=O) groups excluding carboxylic acids is 1. The summed E-state index contributed by atoms with van der Waals surface area (Å²) in [7, 11) is 0. The summed E-state index contributed by atoms with van der Waals surface area (Å²) in [5.41, 5.74) is 1.62. The Morgan fingerprint density at radius 2 is 1.92 bits per heavy atom. The van der Waals surface area contributed by atoms with E-state index in [0.29, 0.717) is 12.2 Å². The molecule has 1 aromatic heterocycles. The van der Waals surface area contributed by atoms with Crippen LogP contribution in [-0.4, -0.2) is 17.6 Å². The van der Waals surface area contributed by atoms with Gasteiger partial charge in [0.15, 0.2) is 0 Å². The number of hydrogen-bond donors (Lipinski definition) is 0. The fraction of sp³-hybridized carbons (Fsp3) is 0.333. The number of nitrogens with zero attached hydrogens (tertiary/aromatic N) is 1. The average Bonchev–Trinajstić information content (AvgIpc) is 3.35. The zero-order chi connectivity index (χ0) is 17.3. The van der Waals surface area contributed by atoms with Gasteiger partial charge in [-0.25, -0.2) is 0 Å². The number of benzene rings is 1. The molecule has 6 heteroatoms. The summed E-state index contributed by atoms with van der Waals surface area (Å²) in [5, 5.41) is 0. The van der Waals surface area contributed by atoms with Crippen LogP contribution in [0.5, 0.6) is 0 Å². The molecule has 0 amide bonds. The quantitative estimate of drug-likeness (QED) is 0.776. The Morgan fingerprint density at radius 1 is 1.21 bits per heavy atom. The molecule has 1 fully saturated rings. The van der Waals surface area contributed by atoms with Gasteiger partial charge in [-0.15, -0.1) is 0 Å². The standard InChI is InChI=1S/C18H16F3NO2/c1-2-24-17(23)16-8-15(16)13-7-12(9-22-10-13)11-3-5-14(6-4-11)18(19,20)21/h3-7,9-10,15-16H,2,8H2,1H3. The van der Waals surface area contributed by atoms with Crippen molar-refractivity contribution >= 4 is 5.97 Å². The van der Waals surface area contributed by atoms with Crippen molar-refractivity contribution in [3.8, 4) is 11.1 Å². The van der Waals surface area contributed by atoms with Gasteiger partial charge in [-0.05, 0) is 48.6 Å². The van der Waals surface area contributed by atoms with E-state index in [2.05, 4.69) is 4.98 Å². The zero-order valence-corrected chi connectivity index (χ0v) is 13.0. The van der Waals surface area contributed by atoms with Crippen molar-refractivity contribution in [3.63, 3.8) is 0 Å². The summed E-state index contributed by atoms with van der Waals surface area (Å²) >= 11 is 0. The Labute approximate surface area is 137 Å². The first-order valence-electron chi connectivity index (χ1n) is 7.69. The van der Waals surface area contributed by atoms with Gasteiger partial charge in [-0.2, -0.15) is 13.2 Å². The molecule has 1 aromatic carbocycles. The van der Waals surface area contributed by atoms with E-state index in [4.69, 9.17) is 4.74 Å². The number of aromatic nitrogens is 1. The van der Waals surface area contributed by atoms with Crippen LogP contribution in [0.4, 0.5) is 13.2 Å². The molecule has 0 bridgehead atoms. The molecule has 0 radical (unpaired) electrons. The van der Waals surface area contributed by atoms with E-state index in [1.807, 2.05) is 6.07 Å². The molecule has 24 heavy (non-hydrogen) atoms. The molecule has 0 spiro atoms. The van der Waals surface area contributed by atoms with Gasteiger partial charge >= 0.3 is 12.1 Å². The molecular formula is C18H16F3NO2. The number of esters is 1. The van der Waals surface area contributed by atoms with Gasteiger partial charge in [-0.3, -0.25) is 9.78 Å². The number of carbonyl (C=O) groups is 1. The third-order valence-corrected chi connectivity index (χ3v) is 4.11. The molecule has 2 aromatic rings. The maximum Gasteiger partial charge on any atom is 0.416 e. The molecule has 2 atom stereocenters. The smallest absolute Gasteiger partial charge is 0.416 e. The van der Waals surface area contributed by atoms with Crippen molar-refractivity contribution in [1.29, 1.82) is 0 Å². The number of pyridine rings is 1. The minimum atomic E-state index is -4.35. The zero-order valence-electron chi connectivity index (χ0n) is 13.0. The number of ether oxygens (including phenoxy) is 1. The summed E-state index contributed by atoms with van der Waals surface area (Å²) in [6, 6.07) is 6.85. The maximum absolute atomic E-state index is 12.6. The SMILES string of the molecule is CCOC(=O)C1CC1c1cncc(-c2ccc(C(F)(F)F)cc2)c1. The van der Waals surface area contributed by atoms with E-state index >= 15 is 0 Å².